The summed E-state index contributed by atoms with van der Waals surface area (Å²) in [5.41, 5.74) is 0.215. The second-order valence-electron chi connectivity index (χ2n) is 5.52. The molecule has 3 rings (SSSR count). The van der Waals surface area contributed by atoms with Crippen molar-refractivity contribution in [2.24, 2.45) is 0 Å². The molecule has 7 nitrogen and oxygen atoms in total. The maximum absolute atomic E-state index is 12.4. The minimum absolute atomic E-state index is 0.0229. The Kier molecular flexibility index (Phi) is 6.87. The van der Waals surface area contributed by atoms with Gasteiger partial charge >= 0.3 is 5.97 Å². The Balaban J connectivity index is 1.65. The Morgan fingerprint density at radius 1 is 1.03 bits per heavy atom. The number of carbonyl (C=O) groups excluding carboxylic acids is 2. The fourth-order valence-electron chi connectivity index (χ4n) is 2.19. The zero-order chi connectivity index (χ0) is 20.8. The first-order valence-electron chi connectivity index (χ1n) is 8.08. The highest BCUT2D eigenvalue weighted by Crippen LogP contribution is 2.33. The standard InChI is InChI=1S/C19H12Cl3N3O4/c20-11-7-14(21)17(15(22)8-11)25-16(26)10-28-19(27)13-4-2-6-24-18(13)29-12-3-1-5-23-9-12/h1-9H,10H2,(H,25,26). The summed E-state index contributed by atoms with van der Waals surface area (Å²) in [6.07, 6.45) is 4.51. The number of hydrogen-bond donors (Lipinski definition) is 1. The molecule has 3 aromatic rings. The number of benzene rings is 1. The van der Waals surface area contributed by atoms with Crippen molar-refractivity contribution in [1.29, 1.82) is 0 Å². The first kappa shape index (κ1) is 20.9. The van der Waals surface area contributed by atoms with E-state index >= 15 is 0 Å². The van der Waals surface area contributed by atoms with Crippen molar-refractivity contribution < 1.29 is 19.1 Å². The van der Waals surface area contributed by atoms with E-state index in [1.165, 1.54) is 30.6 Å². The minimum atomic E-state index is -0.791. The molecule has 0 aliphatic carbocycles. The van der Waals surface area contributed by atoms with E-state index < -0.39 is 18.5 Å². The van der Waals surface area contributed by atoms with Crippen LogP contribution in [0.2, 0.25) is 15.1 Å². The summed E-state index contributed by atoms with van der Waals surface area (Å²) in [6, 6.07) is 9.19. The molecule has 1 N–H and O–H groups in total. The fourth-order valence-corrected chi connectivity index (χ4v) is 3.10. The number of carbonyl (C=O) groups is 2. The summed E-state index contributed by atoms with van der Waals surface area (Å²) in [5.74, 6) is -1.01. The van der Waals surface area contributed by atoms with Gasteiger partial charge in [-0.15, -0.1) is 0 Å². The van der Waals surface area contributed by atoms with E-state index in [2.05, 4.69) is 15.3 Å². The van der Waals surface area contributed by atoms with E-state index in [-0.39, 0.29) is 27.2 Å². The number of pyridine rings is 2. The predicted molar refractivity (Wildman–Crippen MR) is 109 cm³/mol. The van der Waals surface area contributed by atoms with E-state index in [9.17, 15) is 9.59 Å². The molecule has 29 heavy (non-hydrogen) atoms. The molecule has 0 unspecified atom stereocenters. The summed E-state index contributed by atoms with van der Waals surface area (Å²) in [6.45, 7) is -0.574. The Hall–Kier alpha value is -2.87. The van der Waals surface area contributed by atoms with Gasteiger partial charge in [-0.3, -0.25) is 9.78 Å². The number of ether oxygens (including phenoxy) is 2. The van der Waals surface area contributed by atoms with Gasteiger partial charge in [0.25, 0.3) is 5.91 Å². The normalized spacial score (nSPS) is 10.3. The molecule has 0 atom stereocenters. The number of anilines is 1. The monoisotopic (exact) mass is 451 g/mol. The third-order valence-electron chi connectivity index (χ3n) is 3.45. The lowest BCUT2D eigenvalue weighted by Crippen LogP contribution is -2.21. The minimum Gasteiger partial charge on any atom is -0.452 e. The molecule has 0 saturated heterocycles. The van der Waals surface area contributed by atoms with Gasteiger partial charge in [-0.1, -0.05) is 34.8 Å². The molecule has 0 bridgehead atoms. The highest BCUT2D eigenvalue weighted by atomic mass is 35.5. The highest BCUT2D eigenvalue weighted by Gasteiger charge is 2.18. The van der Waals surface area contributed by atoms with Gasteiger partial charge < -0.3 is 14.8 Å². The van der Waals surface area contributed by atoms with E-state index in [1.807, 2.05) is 0 Å². The molecule has 2 aromatic heterocycles. The van der Waals surface area contributed by atoms with Crippen molar-refractivity contribution >= 4 is 52.4 Å². The largest absolute Gasteiger partial charge is 0.452 e. The first-order chi connectivity index (χ1) is 13.9. The van der Waals surface area contributed by atoms with Gasteiger partial charge in [0.15, 0.2) is 6.61 Å². The van der Waals surface area contributed by atoms with E-state index in [0.29, 0.717) is 10.8 Å². The molecule has 2 heterocycles. The first-order valence-corrected chi connectivity index (χ1v) is 9.22. The number of nitrogens with zero attached hydrogens (tertiary/aromatic N) is 2. The molecular weight excluding hydrogens is 441 g/mol. The number of aromatic nitrogens is 2. The molecule has 1 amide bonds. The van der Waals surface area contributed by atoms with Crippen molar-refractivity contribution in [3.8, 4) is 11.6 Å². The van der Waals surface area contributed by atoms with Crippen molar-refractivity contribution in [2.75, 3.05) is 11.9 Å². The lowest BCUT2D eigenvalue weighted by atomic mass is 10.3. The second kappa shape index (κ2) is 9.56. The molecule has 148 valence electrons. The Morgan fingerprint density at radius 3 is 2.45 bits per heavy atom. The molecule has 0 fully saturated rings. The van der Waals surface area contributed by atoms with Crippen LogP contribution in [0.25, 0.3) is 0 Å². The van der Waals surface area contributed by atoms with Gasteiger partial charge in [-0.25, -0.2) is 9.78 Å². The van der Waals surface area contributed by atoms with Crippen LogP contribution in [-0.4, -0.2) is 28.5 Å². The van der Waals surface area contributed by atoms with Crippen LogP contribution in [0.5, 0.6) is 11.6 Å². The SMILES string of the molecule is O=C(COC(=O)c1cccnc1Oc1cccnc1)Nc1c(Cl)cc(Cl)cc1Cl. The van der Waals surface area contributed by atoms with Crippen LogP contribution in [0.1, 0.15) is 10.4 Å². The van der Waals surface area contributed by atoms with Crippen molar-refractivity contribution in [3.05, 3.63) is 75.6 Å². The van der Waals surface area contributed by atoms with Crippen LogP contribution in [0.3, 0.4) is 0 Å². The number of amides is 1. The number of esters is 1. The van der Waals surface area contributed by atoms with Gasteiger partial charge in [0.1, 0.15) is 11.3 Å². The number of hydrogen-bond acceptors (Lipinski definition) is 6. The Morgan fingerprint density at radius 2 is 1.76 bits per heavy atom. The number of halogens is 3. The quantitative estimate of drug-likeness (QED) is 0.528. The molecule has 1 aromatic carbocycles. The zero-order valence-electron chi connectivity index (χ0n) is 14.6. The topological polar surface area (TPSA) is 90.4 Å². The lowest BCUT2D eigenvalue weighted by Gasteiger charge is -2.11. The van der Waals surface area contributed by atoms with Crippen LogP contribution >= 0.6 is 34.8 Å². The number of nitrogens with one attached hydrogen (secondary N) is 1. The molecule has 0 spiro atoms. The van der Waals surface area contributed by atoms with Gasteiger partial charge in [0, 0.05) is 17.4 Å². The lowest BCUT2D eigenvalue weighted by molar-refractivity contribution is -0.119. The maximum atomic E-state index is 12.4. The summed E-state index contributed by atoms with van der Waals surface area (Å²) in [4.78, 5) is 32.4. The van der Waals surface area contributed by atoms with Crippen molar-refractivity contribution in [2.45, 2.75) is 0 Å². The summed E-state index contributed by atoms with van der Waals surface area (Å²) < 4.78 is 10.6. The third kappa shape index (κ3) is 5.57. The van der Waals surface area contributed by atoms with Crippen LogP contribution in [0.4, 0.5) is 5.69 Å². The van der Waals surface area contributed by atoms with E-state index in [1.54, 1.807) is 24.4 Å². The van der Waals surface area contributed by atoms with Crippen LogP contribution in [0.15, 0.2) is 55.0 Å². The van der Waals surface area contributed by atoms with Gasteiger partial charge in [0.2, 0.25) is 5.88 Å². The molecule has 0 aliphatic heterocycles. The molecule has 0 aliphatic rings. The zero-order valence-corrected chi connectivity index (χ0v) is 16.8. The summed E-state index contributed by atoms with van der Waals surface area (Å²) in [7, 11) is 0. The van der Waals surface area contributed by atoms with Crippen LogP contribution in [0, 0.1) is 0 Å². The van der Waals surface area contributed by atoms with Gasteiger partial charge in [-0.05, 0) is 36.4 Å². The predicted octanol–water partition coefficient (Wildman–Crippen LogP) is 5.02. The maximum Gasteiger partial charge on any atom is 0.344 e. The average Bonchev–Trinajstić information content (AvgIpc) is 2.70. The van der Waals surface area contributed by atoms with Crippen molar-refractivity contribution in [1.82, 2.24) is 9.97 Å². The molecule has 10 heteroatoms. The summed E-state index contributed by atoms with van der Waals surface area (Å²) in [5, 5.41) is 3.10. The Bertz CT molecular complexity index is 1020. The molecular formula is C19H12Cl3N3O4. The summed E-state index contributed by atoms with van der Waals surface area (Å²) >= 11 is 17.9. The van der Waals surface area contributed by atoms with Crippen molar-refractivity contribution in [3.63, 3.8) is 0 Å². The van der Waals surface area contributed by atoms with E-state index in [0.717, 1.165) is 0 Å². The fraction of sp³-hybridized carbons (Fsp3) is 0.0526. The average molecular weight is 453 g/mol. The molecule has 0 radical (unpaired) electrons. The van der Waals surface area contributed by atoms with Crippen LogP contribution < -0.4 is 10.1 Å². The smallest absolute Gasteiger partial charge is 0.344 e. The number of rotatable bonds is 6. The van der Waals surface area contributed by atoms with Gasteiger partial charge in [0.05, 0.1) is 21.9 Å². The van der Waals surface area contributed by atoms with Crippen LogP contribution in [-0.2, 0) is 9.53 Å². The third-order valence-corrected chi connectivity index (χ3v) is 4.26. The second-order valence-corrected chi connectivity index (χ2v) is 6.77. The van der Waals surface area contributed by atoms with Gasteiger partial charge in [-0.2, -0.15) is 0 Å². The highest BCUT2D eigenvalue weighted by molar-refractivity contribution is 6.42. The Labute approximate surface area is 180 Å². The van der Waals surface area contributed by atoms with E-state index in [4.69, 9.17) is 44.3 Å². The molecule has 0 saturated carbocycles.